The molecule has 0 aromatic rings. The standard InChI is InChI=1S/C5H8O3S/c1-5-2-3-8-9(6,7)4-5/h2H,3-4H2,1H3. The van der Waals surface area contributed by atoms with Gasteiger partial charge in [0.25, 0.3) is 10.1 Å². The molecule has 1 aliphatic rings. The van der Waals surface area contributed by atoms with Crippen LogP contribution in [0.15, 0.2) is 11.6 Å². The lowest BCUT2D eigenvalue weighted by Gasteiger charge is -2.08. The highest BCUT2D eigenvalue weighted by Crippen LogP contribution is 2.07. The molecule has 0 amide bonds. The Morgan fingerprint density at radius 2 is 2.33 bits per heavy atom. The van der Waals surface area contributed by atoms with Crippen LogP contribution >= 0.6 is 0 Å². The van der Waals surface area contributed by atoms with Crippen molar-refractivity contribution in [3.05, 3.63) is 11.6 Å². The topological polar surface area (TPSA) is 43.4 Å². The lowest BCUT2D eigenvalue weighted by molar-refractivity contribution is 0.352. The van der Waals surface area contributed by atoms with Gasteiger partial charge in [-0.1, -0.05) is 11.6 Å². The minimum absolute atomic E-state index is 0.0486. The third kappa shape index (κ3) is 1.80. The van der Waals surface area contributed by atoms with Gasteiger partial charge in [0, 0.05) is 0 Å². The van der Waals surface area contributed by atoms with E-state index in [4.69, 9.17) is 0 Å². The summed E-state index contributed by atoms with van der Waals surface area (Å²) >= 11 is 0. The van der Waals surface area contributed by atoms with Crippen molar-refractivity contribution in [3.8, 4) is 0 Å². The first kappa shape index (κ1) is 6.77. The van der Waals surface area contributed by atoms with Crippen LogP contribution in [0.4, 0.5) is 0 Å². The second-order valence-electron chi connectivity index (χ2n) is 2.04. The summed E-state index contributed by atoms with van der Waals surface area (Å²) in [6.07, 6.45) is 1.76. The predicted octanol–water partition coefficient (Wildman–Crippen LogP) is 0.293. The van der Waals surface area contributed by atoms with Crippen LogP contribution in [0.5, 0.6) is 0 Å². The molecule has 1 heterocycles. The van der Waals surface area contributed by atoms with Gasteiger partial charge in [-0.3, -0.25) is 4.18 Å². The monoisotopic (exact) mass is 148 g/mol. The highest BCUT2D eigenvalue weighted by Gasteiger charge is 2.14. The molecule has 0 saturated heterocycles. The Morgan fingerprint density at radius 3 is 2.67 bits per heavy atom. The van der Waals surface area contributed by atoms with Gasteiger partial charge in [-0.2, -0.15) is 8.42 Å². The van der Waals surface area contributed by atoms with Gasteiger partial charge in [-0.05, 0) is 6.92 Å². The maximum Gasteiger partial charge on any atom is 0.271 e. The van der Waals surface area contributed by atoms with E-state index in [0.29, 0.717) is 0 Å². The molecule has 0 atom stereocenters. The highest BCUT2D eigenvalue weighted by atomic mass is 32.2. The molecule has 0 spiro atoms. The minimum atomic E-state index is -3.20. The molecule has 0 aromatic heterocycles. The van der Waals surface area contributed by atoms with Gasteiger partial charge in [0.05, 0.1) is 12.4 Å². The van der Waals surface area contributed by atoms with Crippen LogP contribution in [0.3, 0.4) is 0 Å². The van der Waals surface area contributed by atoms with E-state index < -0.39 is 10.1 Å². The van der Waals surface area contributed by atoms with Gasteiger partial charge in [0.2, 0.25) is 0 Å². The molecule has 52 valence electrons. The van der Waals surface area contributed by atoms with Gasteiger partial charge < -0.3 is 0 Å². The maximum absolute atomic E-state index is 10.6. The summed E-state index contributed by atoms with van der Waals surface area (Å²) in [5, 5.41) is 0. The number of hydrogen-bond acceptors (Lipinski definition) is 3. The van der Waals surface area contributed by atoms with E-state index in [-0.39, 0.29) is 12.4 Å². The zero-order valence-corrected chi connectivity index (χ0v) is 5.94. The quantitative estimate of drug-likeness (QED) is 0.366. The molecule has 0 aromatic carbocycles. The first-order valence-corrected chi connectivity index (χ1v) is 4.21. The van der Waals surface area contributed by atoms with Crippen LogP contribution in [0, 0.1) is 0 Å². The van der Waals surface area contributed by atoms with Crippen molar-refractivity contribution in [3.63, 3.8) is 0 Å². The average Bonchev–Trinajstić information content (AvgIpc) is 1.60. The predicted molar refractivity (Wildman–Crippen MR) is 33.5 cm³/mol. The summed E-state index contributed by atoms with van der Waals surface area (Å²) in [6, 6.07) is 0. The Balaban J connectivity index is 2.83. The molecule has 3 nitrogen and oxygen atoms in total. The van der Waals surface area contributed by atoms with Crippen molar-refractivity contribution >= 4 is 10.1 Å². The molecule has 9 heavy (non-hydrogen) atoms. The lowest BCUT2D eigenvalue weighted by atomic mass is 10.3. The third-order valence-electron chi connectivity index (χ3n) is 1.08. The first-order valence-electron chi connectivity index (χ1n) is 2.63. The average molecular weight is 148 g/mol. The molecule has 0 radical (unpaired) electrons. The zero-order valence-electron chi connectivity index (χ0n) is 5.12. The molecule has 1 rings (SSSR count). The second kappa shape index (κ2) is 2.11. The summed E-state index contributed by atoms with van der Waals surface area (Å²) in [4.78, 5) is 0. The maximum atomic E-state index is 10.6. The van der Waals surface area contributed by atoms with Gasteiger partial charge in [-0.15, -0.1) is 0 Å². The van der Waals surface area contributed by atoms with Crippen LogP contribution in [0.25, 0.3) is 0 Å². The van der Waals surface area contributed by atoms with Crippen LogP contribution in [-0.2, 0) is 14.3 Å². The van der Waals surface area contributed by atoms with Crippen LogP contribution in [-0.4, -0.2) is 20.8 Å². The van der Waals surface area contributed by atoms with Gasteiger partial charge in [-0.25, -0.2) is 0 Å². The Bertz CT molecular complexity index is 225. The van der Waals surface area contributed by atoms with E-state index in [9.17, 15) is 8.42 Å². The van der Waals surface area contributed by atoms with Crippen molar-refractivity contribution in [1.82, 2.24) is 0 Å². The fourth-order valence-corrected chi connectivity index (χ4v) is 1.69. The molecule has 0 unspecified atom stereocenters. The Kier molecular flexibility index (Phi) is 1.59. The smallest absolute Gasteiger partial charge is 0.266 e. The molecular formula is C5H8O3S. The Hall–Kier alpha value is -0.350. The van der Waals surface area contributed by atoms with Crippen LogP contribution < -0.4 is 0 Å². The van der Waals surface area contributed by atoms with Gasteiger partial charge >= 0.3 is 0 Å². The van der Waals surface area contributed by atoms with Crippen molar-refractivity contribution in [2.45, 2.75) is 6.92 Å². The minimum Gasteiger partial charge on any atom is -0.266 e. The largest absolute Gasteiger partial charge is 0.271 e. The third-order valence-corrected chi connectivity index (χ3v) is 2.39. The molecule has 0 bridgehead atoms. The molecule has 1 aliphatic heterocycles. The van der Waals surface area contributed by atoms with Crippen molar-refractivity contribution in [1.29, 1.82) is 0 Å². The highest BCUT2D eigenvalue weighted by molar-refractivity contribution is 7.86. The Morgan fingerprint density at radius 1 is 1.67 bits per heavy atom. The lowest BCUT2D eigenvalue weighted by Crippen LogP contribution is -2.16. The van der Waals surface area contributed by atoms with E-state index in [2.05, 4.69) is 4.18 Å². The first-order chi connectivity index (χ1) is 4.10. The van der Waals surface area contributed by atoms with Crippen molar-refractivity contribution in [2.75, 3.05) is 12.4 Å². The summed E-state index contributed by atoms with van der Waals surface area (Å²) in [5.41, 5.74) is 0.862. The summed E-state index contributed by atoms with van der Waals surface area (Å²) in [6.45, 7) is 1.98. The Labute approximate surface area is 54.5 Å². The van der Waals surface area contributed by atoms with Crippen molar-refractivity contribution < 1.29 is 12.6 Å². The molecular weight excluding hydrogens is 140 g/mol. The fourth-order valence-electron chi connectivity index (χ4n) is 0.659. The van der Waals surface area contributed by atoms with E-state index in [1.54, 1.807) is 13.0 Å². The summed E-state index contributed by atoms with van der Waals surface area (Å²) in [5.74, 6) is 0.0486. The van der Waals surface area contributed by atoms with Gasteiger partial charge in [0.1, 0.15) is 0 Å². The van der Waals surface area contributed by atoms with E-state index in [1.807, 2.05) is 0 Å². The van der Waals surface area contributed by atoms with E-state index in [0.717, 1.165) is 5.57 Å². The van der Waals surface area contributed by atoms with E-state index >= 15 is 0 Å². The number of hydrogen-bond donors (Lipinski definition) is 0. The summed E-state index contributed by atoms with van der Waals surface area (Å²) in [7, 11) is -3.20. The van der Waals surface area contributed by atoms with Crippen molar-refractivity contribution in [2.24, 2.45) is 0 Å². The van der Waals surface area contributed by atoms with E-state index in [1.165, 1.54) is 0 Å². The SMILES string of the molecule is CC1=CCOS(=O)(=O)C1. The fraction of sp³-hybridized carbons (Fsp3) is 0.600. The molecule has 4 heteroatoms. The summed E-state index contributed by atoms with van der Waals surface area (Å²) < 4.78 is 25.6. The van der Waals surface area contributed by atoms with Crippen LogP contribution in [0.2, 0.25) is 0 Å². The second-order valence-corrected chi connectivity index (χ2v) is 3.68. The van der Waals surface area contributed by atoms with Gasteiger partial charge in [0.15, 0.2) is 0 Å². The molecule has 0 N–H and O–H groups in total. The zero-order chi connectivity index (χ0) is 6.91. The molecule has 0 saturated carbocycles. The van der Waals surface area contributed by atoms with Crippen LogP contribution in [0.1, 0.15) is 6.92 Å². The normalized spacial score (nSPS) is 25.2. The number of rotatable bonds is 0. The molecule has 0 fully saturated rings. The molecule has 0 aliphatic carbocycles.